The van der Waals surface area contributed by atoms with Gasteiger partial charge in [-0.1, -0.05) is 48.4 Å². The second-order valence-corrected chi connectivity index (χ2v) is 8.23. The standard InChI is InChI=1S/C23H19ClN2O4S/c1-2-3-12-29-22(28)14-8-9-17-20(13-14)31-23(25-17)26-21(27)19-11-10-18(30-19)15-6-4-5-7-16(15)24/h4-11,13H,2-3,12H2,1H3,(H,25,26,27). The Labute approximate surface area is 187 Å². The summed E-state index contributed by atoms with van der Waals surface area (Å²) in [6.45, 7) is 2.43. The first-order valence-corrected chi connectivity index (χ1v) is 11.0. The van der Waals surface area contributed by atoms with Crippen LogP contribution in [0.5, 0.6) is 0 Å². The molecule has 0 atom stereocenters. The third kappa shape index (κ3) is 4.78. The molecule has 2 heterocycles. The number of hydrogen-bond donors (Lipinski definition) is 1. The summed E-state index contributed by atoms with van der Waals surface area (Å²) in [7, 11) is 0. The van der Waals surface area contributed by atoms with Crippen LogP contribution in [0.2, 0.25) is 5.02 Å². The van der Waals surface area contributed by atoms with Crippen molar-refractivity contribution in [3.63, 3.8) is 0 Å². The largest absolute Gasteiger partial charge is 0.462 e. The van der Waals surface area contributed by atoms with Crippen molar-refractivity contribution < 1.29 is 18.7 Å². The summed E-state index contributed by atoms with van der Waals surface area (Å²) >= 11 is 7.46. The van der Waals surface area contributed by atoms with Gasteiger partial charge in [0.1, 0.15) is 5.76 Å². The van der Waals surface area contributed by atoms with Crippen molar-refractivity contribution in [3.8, 4) is 11.3 Å². The van der Waals surface area contributed by atoms with E-state index in [1.165, 1.54) is 11.3 Å². The summed E-state index contributed by atoms with van der Waals surface area (Å²) in [4.78, 5) is 29.1. The molecule has 0 saturated heterocycles. The summed E-state index contributed by atoms with van der Waals surface area (Å²) in [5.74, 6) is -0.130. The third-order valence-corrected chi connectivity index (χ3v) is 5.81. The minimum absolute atomic E-state index is 0.148. The Kier molecular flexibility index (Phi) is 6.34. The molecule has 2 aromatic carbocycles. The van der Waals surface area contributed by atoms with Crippen molar-refractivity contribution >= 4 is 50.2 Å². The van der Waals surface area contributed by atoms with Crippen molar-refractivity contribution in [1.82, 2.24) is 4.98 Å². The number of carbonyl (C=O) groups excluding carboxylic acids is 2. The monoisotopic (exact) mass is 454 g/mol. The maximum atomic E-state index is 12.6. The molecule has 158 valence electrons. The number of amides is 1. The van der Waals surface area contributed by atoms with Gasteiger partial charge in [-0.3, -0.25) is 10.1 Å². The van der Waals surface area contributed by atoms with Crippen LogP contribution in [0.1, 0.15) is 40.7 Å². The lowest BCUT2D eigenvalue weighted by molar-refractivity contribution is 0.0500. The number of rotatable bonds is 7. The van der Waals surface area contributed by atoms with Crippen LogP contribution in [0.4, 0.5) is 5.13 Å². The Morgan fingerprint density at radius 2 is 2.00 bits per heavy atom. The molecule has 8 heteroatoms. The van der Waals surface area contributed by atoms with Gasteiger partial charge in [-0.2, -0.15) is 0 Å². The zero-order valence-corrected chi connectivity index (χ0v) is 18.3. The molecule has 4 rings (SSSR count). The summed E-state index contributed by atoms with van der Waals surface area (Å²) in [6, 6.07) is 15.7. The van der Waals surface area contributed by atoms with Crippen molar-refractivity contribution in [2.24, 2.45) is 0 Å². The summed E-state index contributed by atoms with van der Waals surface area (Å²) < 4.78 is 11.7. The quantitative estimate of drug-likeness (QED) is 0.257. The predicted octanol–water partition coefficient (Wildman–Crippen LogP) is 6.42. The van der Waals surface area contributed by atoms with Crippen molar-refractivity contribution in [2.45, 2.75) is 19.8 Å². The fourth-order valence-electron chi connectivity index (χ4n) is 2.92. The van der Waals surface area contributed by atoms with Gasteiger partial charge in [0.05, 0.1) is 27.4 Å². The van der Waals surface area contributed by atoms with Crippen molar-refractivity contribution in [1.29, 1.82) is 0 Å². The number of anilines is 1. The molecule has 1 amide bonds. The Bertz CT molecular complexity index is 1250. The van der Waals surface area contributed by atoms with Crippen LogP contribution in [0.3, 0.4) is 0 Å². The fraction of sp³-hybridized carbons (Fsp3) is 0.174. The highest BCUT2D eigenvalue weighted by atomic mass is 35.5. The average molecular weight is 455 g/mol. The predicted molar refractivity (Wildman–Crippen MR) is 122 cm³/mol. The van der Waals surface area contributed by atoms with Crippen LogP contribution in [0, 0.1) is 0 Å². The zero-order chi connectivity index (χ0) is 21.8. The number of thiazole rings is 1. The number of benzene rings is 2. The normalized spacial score (nSPS) is 10.9. The molecule has 0 aliphatic rings. The van der Waals surface area contributed by atoms with Gasteiger partial charge < -0.3 is 9.15 Å². The van der Waals surface area contributed by atoms with E-state index in [1.807, 2.05) is 25.1 Å². The van der Waals surface area contributed by atoms with E-state index in [2.05, 4.69) is 10.3 Å². The first kappa shape index (κ1) is 21.1. The first-order valence-electron chi connectivity index (χ1n) is 9.79. The van der Waals surface area contributed by atoms with E-state index < -0.39 is 5.91 Å². The number of carbonyl (C=O) groups is 2. The van der Waals surface area contributed by atoms with Crippen LogP contribution in [-0.2, 0) is 4.74 Å². The molecule has 0 aliphatic heterocycles. The summed E-state index contributed by atoms with van der Waals surface area (Å²) in [5.41, 5.74) is 1.85. The van der Waals surface area contributed by atoms with E-state index in [0.717, 1.165) is 17.5 Å². The first-order chi connectivity index (χ1) is 15.0. The molecule has 4 aromatic rings. The van der Waals surface area contributed by atoms with Crippen LogP contribution < -0.4 is 5.32 Å². The Morgan fingerprint density at radius 3 is 2.81 bits per heavy atom. The SMILES string of the molecule is CCCCOC(=O)c1ccc2nc(NC(=O)c3ccc(-c4ccccc4Cl)o3)sc2c1. The highest BCUT2D eigenvalue weighted by Gasteiger charge is 2.16. The molecular formula is C23H19ClN2O4S. The van der Waals surface area contributed by atoms with Gasteiger partial charge >= 0.3 is 5.97 Å². The molecule has 6 nitrogen and oxygen atoms in total. The lowest BCUT2D eigenvalue weighted by Gasteiger charge is -2.03. The highest BCUT2D eigenvalue weighted by Crippen LogP contribution is 2.30. The van der Waals surface area contributed by atoms with Crippen LogP contribution >= 0.6 is 22.9 Å². The number of aromatic nitrogens is 1. The second-order valence-electron chi connectivity index (χ2n) is 6.79. The Balaban J connectivity index is 1.48. The van der Waals surface area contributed by atoms with Crippen molar-refractivity contribution in [2.75, 3.05) is 11.9 Å². The summed E-state index contributed by atoms with van der Waals surface area (Å²) in [6.07, 6.45) is 1.79. The summed E-state index contributed by atoms with van der Waals surface area (Å²) in [5, 5.41) is 3.69. The maximum Gasteiger partial charge on any atom is 0.338 e. The number of halogens is 1. The number of fused-ring (bicyclic) bond motifs is 1. The van der Waals surface area contributed by atoms with Gasteiger partial charge in [0.15, 0.2) is 10.9 Å². The van der Waals surface area contributed by atoms with Crippen LogP contribution in [0.25, 0.3) is 21.5 Å². The number of esters is 1. The molecule has 1 N–H and O–H groups in total. The van der Waals surface area contributed by atoms with E-state index in [0.29, 0.717) is 39.2 Å². The second kappa shape index (κ2) is 9.32. The fourth-order valence-corrected chi connectivity index (χ4v) is 4.05. The van der Waals surface area contributed by atoms with E-state index in [-0.39, 0.29) is 11.7 Å². The van der Waals surface area contributed by atoms with Gasteiger partial charge in [-0.25, -0.2) is 9.78 Å². The van der Waals surface area contributed by atoms with E-state index in [9.17, 15) is 9.59 Å². The molecule has 0 fully saturated rings. The van der Waals surface area contributed by atoms with Gasteiger partial charge in [0.25, 0.3) is 5.91 Å². The zero-order valence-electron chi connectivity index (χ0n) is 16.7. The van der Waals surface area contributed by atoms with Gasteiger partial charge in [-0.15, -0.1) is 0 Å². The minimum atomic E-state index is -0.420. The number of nitrogens with one attached hydrogen (secondary N) is 1. The molecule has 2 aromatic heterocycles. The Morgan fingerprint density at radius 1 is 1.16 bits per heavy atom. The molecule has 0 unspecified atom stereocenters. The molecule has 0 aliphatic carbocycles. The molecule has 0 bridgehead atoms. The lowest BCUT2D eigenvalue weighted by atomic mass is 10.2. The molecule has 0 radical (unpaired) electrons. The van der Waals surface area contributed by atoms with Gasteiger partial charge in [0, 0.05) is 5.56 Å². The van der Waals surface area contributed by atoms with Crippen LogP contribution in [0.15, 0.2) is 59.0 Å². The Hall–Kier alpha value is -3.16. The number of furan rings is 1. The molecular weight excluding hydrogens is 436 g/mol. The molecule has 31 heavy (non-hydrogen) atoms. The van der Waals surface area contributed by atoms with Gasteiger partial charge in [0.2, 0.25) is 0 Å². The topological polar surface area (TPSA) is 81.4 Å². The van der Waals surface area contributed by atoms with Gasteiger partial charge in [-0.05, 0) is 48.9 Å². The third-order valence-electron chi connectivity index (χ3n) is 4.54. The number of nitrogens with zero attached hydrogens (tertiary/aromatic N) is 1. The average Bonchev–Trinajstić information content (AvgIpc) is 3.40. The van der Waals surface area contributed by atoms with E-state index in [4.69, 9.17) is 20.8 Å². The van der Waals surface area contributed by atoms with E-state index in [1.54, 1.807) is 36.4 Å². The highest BCUT2D eigenvalue weighted by molar-refractivity contribution is 7.22. The van der Waals surface area contributed by atoms with Crippen molar-refractivity contribution in [3.05, 3.63) is 70.9 Å². The number of hydrogen-bond acceptors (Lipinski definition) is 6. The molecule has 0 spiro atoms. The minimum Gasteiger partial charge on any atom is -0.462 e. The number of ether oxygens (including phenoxy) is 1. The van der Waals surface area contributed by atoms with Crippen LogP contribution in [-0.4, -0.2) is 23.5 Å². The molecule has 0 saturated carbocycles. The smallest absolute Gasteiger partial charge is 0.338 e. The lowest BCUT2D eigenvalue weighted by Crippen LogP contribution is -2.10. The number of unbranched alkanes of at least 4 members (excludes halogenated alkanes) is 1. The van der Waals surface area contributed by atoms with E-state index >= 15 is 0 Å². The maximum absolute atomic E-state index is 12.6.